The molecule has 31 heavy (non-hydrogen) atoms. The van der Waals surface area contributed by atoms with Crippen LogP contribution in [-0.2, 0) is 9.59 Å². The molecule has 3 aromatic rings. The number of primary amides is 1. The number of aryl methyl sites for hydroxylation is 1. The van der Waals surface area contributed by atoms with Crippen molar-refractivity contribution in [3.05, 3.63) is 54.4 Å². The molecule has 0 spiro atoms. The van der Waals surface area contributed by atoms with Crippen molar-refractivity contribution < 1.29 is 19.1 Å². The zero-order valence-corrected chi connectivity index (χ0v) is 18.0. The topological polar surface area (TPSA) is 121 Å². The van der Waals surface area contributed by atoms with Crippen LogP contribution in [0.3, 0.4) is 0 Å². The summed E-state index contributed by atoms with van der Waals surface area (Å²) < 4.78 is 12.6. The maximum atomic E-state index is 12.5. The lowest BCUT2D eigenvalue weighted by molar-refractivity contribution is -0.118. The molecule has 1 heterocycles. The number of carbonyl (C=O) groups is 2. The molecule has 0 bridgehead atoms. The zero-order chi connectivity index (χ0) is 22.2. The SMILES string of the molecule is COc1ccc(-n2c(C)nnc2SCC(=O)Nc2ccccc2OCCC(N)=O)cc1. The lowest BCUT2D eigenvalue weighted by Gasteiger charge is -2.12. The number of methoxy groups -OCH3 is 1. The molecule has 162 valence electrons. The minimum Gasteiger partial charge on any atom is -0.497 e. The van der Waals surface area contributed by atoms with Gasteiger partial charge >= 0.3 is 0 Å². The Balaban J connectivity index is 1.64. The first kappa shape index (κ1) is 22.2. The van der Waals surface area contributed by atoms with E-state index in [1.54, 1.807) is 31.4 Å². The van der Waals surface area contributed by atoms with E-state index in [2.05, 4.69) is 15.5 Å². The summed E-state index contributed by atoms with van der Waals surface area (Å²) in [4.78, 5) is 23.4. The smallest absolute Gasteiger partial charge is 0.234 e. The summed E-state index contributed by atoms with van der Waals surface area (Å²) in [5, 5.41) is 11.7. The first-order chi connectivity index (χ1) is 15.0. The number of amides is 2. The highest BCUT2D eigenvalue weighted by Crippen LogP contribution is 2.26. The molecule has 0 aliphatic carbocycles. The van der Waals surface area contributed by atoms with E-state index in [0.29, 0.717) is 22.4 Å². The summed E-state index contributed by atoms with van der Waals surface area (Å²) in [6.45, 7) is 1.99. The number of para-hydroxylation sites is 2. The number of benzene rings is 2. The number of aromatic nitrogens is 3. The van der Waals surface area contributed by atoms with Crippen LogP contribution in [0.4, 0.5) is 5.69 Å². The van der Waals surface area contributed by atoms with E-state index in [9.17, 15) is 9.59 Å². The van der Waals surface area contributed by atoms with Crippen LogP contribution in [0.25, 0.3) is 5.69 Å². The standard InChI is InChI=1S/C21H23N5O4S/c1-14-24-25-21(26(14)15-7-9-16(29-2)10-8-15)31-13-20(28)23-17-5-3-4-6-18(17)30-12-11-19(22)27/h3-10H,11-13H2,1-2H3,(H2,22,27)(H,23,28). The highest BCUT2D eigenvalue weighted by atomic mass is 32.2. The molecule has 0 aliphatic rings. The third-order valence-corrected chi connectivity index (χ3v) is 5.15. The van der Waals surface area contributed by atoms with E-state index in [1.165, 1.54) is 11.8 Å². The lowest BCUT2D eigenvalue weighted by Crippen LogP contribution is -2.17. The van der Waals surface area contributed by atoms with Crippen LogP contribution >= 0.6 is 11.8 Å². The number of ether oxygens (including phenoxy) is 2. The van der Waals surface area contributed by atoms with Gasteiger partial charge < -0.3 is 20.5 Å². The average Bonchev–Trinajstić information content (AvgIpc) is 3.13. The van der Waals surface area contributed by atoms with Gasteiger partial charge in [-0.15, -0.1) is 10.2 Å². The van der Waals surface area contributed by atoms with Crippen molar-refractivity contribution in [3.63, 3.8) is 0 Å². The highest BCUT2D eigenvalue weighted by molar-refractivity contribution is 7.99. The lowest BCUT2D eigenvalue weighted by atomic mass is 10.3. The van der Waals surface area contributed by atoms with Crippen LogP contribution in [-0.4, -0.2) is 46.0 Å². The van der Waals surface area contributed by atoms with Gasteiger partial charge in [-0.05, 0) is 43.3 Å². The van der Waals surface area contributed by atoms with E-state index in [0.717, 1.165) is 11.4 Å². The number of thioether (sulfide) groups is 1. The molecule has 3 rings (SSSR count). The molecule has 3 N–H and O–H groups in total. The van der Waals surface area contributed by atoms with Gasteiger partial charge in [0.25, 0.3) is 0 Å². The number of rotatable bonds is 10. The van der Waals surface area contributed by atoms with Gasteiger partial charge in [-0.25, -0.2) is 0 Å². The van der Waals surface area contributed by atoms with Crippen molar-refractivity contribution in [3.8, 4) is 17.2 Å². The predicted octanol–water partition coefficient (Wildman–Crippen LogP) is 2.57. The molecule has 2 aromatic carbocycles. The number of hydrogen-bond donors (Lipinski definition) is 2. The molecule has 0 saturated heterocycles. The molecule has 9 nitrogen and oxygen atoms in total. The van der Waals surface area contributed by atoms with Gasteiger partial charge in [-0.3, -0.25) is 14.2 Å². The summed E-state index contributed by atoms with van der Waals surface area (Å²) >= 11 is 1.27. The third kappa shape index (κ3) is 5.98. The normalized spacial score (nSPS) is 10.5. The first-order valence-electron chi connectivity index (χ1n) is 9.47. The van der Waals surface area contributed by atoms with Gasteiger partial charge in [0.05, 0.1) is 31.6 Å². The van der Waals surface area contributed by atoms with Crippen LogP contribution in [0.1, 0.15) is 12.2 Å². The van der Waals surface area contributed by atoms with Crippen LogP contribution in [0.5, 0.6) is 11.5 Å². The monoisotopic (exact) mass is 441 g/mol. The Bertz CT molecular complexity index is 1050. The van der Waals surface area contributed by atoms with Gasteiger partial charge in [0.1, 0.15) is 17.3 Å². The quantitative estimate of drug-likeness (QED) is 0.464. The molecule has 0 aliphatic heterocycles. The van der Waals surface area contributed by atoms with Gasteiger partial charge in [-0.2, -0.15) is 0 Å². The Morgan fingerprint density at radius 2 is 1.87 bits per heavy atom. The predicted molar refractivity (Wildman–Crippen MR) is 118 cm³/mol. The maximum Gasteiger partial charge on any atom is 0.234 e. The van der Waals surface area contributed by atoms with Gasteiger partial charge in [-0.1, -0.05) is 23.9 Å². The fraction of sp³-hybridized carbons (Fsp3) is 0.238. The van der Waals surface area contributed by atoms with Crippen LogP contribution < -0.4 is 20.5 Å². The van der Waals surface area contributed by atoms with E-state index in [4.69, 9.17) is 15.2 Å². The Kier molecular flexibility index (Phi) is 7.50. The average molecular weight is 442 g/mol. The highest BCUT2D eigenvalue weighted by Gasteiger charge is 2.15. The van der Waals surface area contributed by atoms with Crippen molar-refractivity contribution in [2.45, 2.75) is 18.5 Å². The Morgan fingerprint density at radius 3 is 2.58 bits per heavy atom. The number of carbonyl (C=O) groups excluding carboxylic acids is 2. The number of hydrogen-bond acceptors (Lipinski definition) is 7. The Labute approximate surface area is 183 Å². The summed E-state index contributed by atoms with van der Waals surface area (Å²) in [5.74, 6) is 1.39. The summed E-state index contributed by atoms with van der Waals surface area (Å²) in [7, 11) is 1.61. The second-order valence-corrected chi connectivity index (χ2v) is 7.40. The van der Waals surface area contributed by atoms with Gasteiger partial charge in [0.15, 0.2) is 5.16 Å². The second-order valence-electron chi connectivity index (χ2n) is 6.46. The minimum absolute atomic E-state index is 0.0957. The number of nitrogens with two attached hydrogens (primary N) is 1. The number of nitrogens with zero attached hydrogens (tertiary/aromatic N) is 3. The maximum absolute atomic E-state index is 12.5. The molecular formula is C21H23N5O4S. The molecule has 0 atom stereocenters. The largest absolute Gasteiger partial charge is 0.497 e. The first-order valence-corrected chi connectivity index (χ1v) is 10.5. The van der Waals surface area contributed by atoms with E-state index >= 15 is 0 Å². The van der Waals surface area contributed by atoms with Crippen molar-refractivity contribution in [2.24, 2.45) is 5.73 Å². The molecular weight excluding hydrogens is 418 g/mol. The minimum atomic E-state index is -0.450. The molecule has 0 radical (unpaired) electrons. The van der Waals surface area contributed by atoms with Gasteiger partial charge in [0, 0.05) is 5.69 Å². The van der Waals surface area contributed by atoms with E-state index < -0.39 is 5.91 Å². The summed E-state index contributed by atoms with van der Waals surface area (Å²) in [6, 6.07) is 14.5. The molecule has 2 amide bonds. The van der Waals surface area contributed by atoms with E-state index in [1.807, 2.05) is 35.8 Å². The molecule has 0 saturated carbocycles. The number of nitrogens with one attached hydrogen (secondary N) is 1. The van der Waals surface area contributed by atoms with Crippen molar-refractivity contribution >= 4 is 29.3 Å². The zero-order valence-electron chi connectivity index (χ0n) is 17.2. The molecule has 0 unspecified atom stereocenters. The van der Waals surface area contributed by atoms with Crippen molar-refractivity contribution in [2.75, 3.05) is 24.8 Å². The Morgan fingerprint density at radius 1 is 1.13 bits per heavy atom. The fourth-order valence-corrected chi connectivity index (χ4v) is 3.54. The molecule has 0 fully saturated rings. The van der Waals surface area contributed by atoms with Crippen LogP contribution in [0.15, 0.2) is 53.7 Å². The van der Waals surface area contributed by atoms with Crippen molar-refractivity contribution in [1.29, 1.82) is 0 Å². The van der Waals surface area contributed by atoms with Crippen LogP contribution in [0, 0.1) is 6.92 Å². The fourth-order valence-electron chi connectivity index (χ4n) is 2.74. The van der Waals surface area contributed by atoms with Crippen LogP contribution in [0.2, 0.25) is 0 Å². The Hall–Kier alpha value is -3.53. The summed E-state index contributed by atoms with van der Waals surface area (Å²) in [5.41, 5.74) is 6.52. The summed E-state index contributed by atoms with van der Waals surface area (Å²) in [6.07, 6.45) is 0.0957. The number of anilines is 1. The second kappa shape index (κ2) is 10.5. The third-order valence-electron chi connectivity index (χ3n) is 4.23. The van der Waals surface area contributed by atoms with Gasteiger partial charge in [0.2, 0.25) is 11.8 Å². The molecule has 10 heteroatoms. The van der Waals surface area contributed by atoms with E-state index in [-0.39, 0.29) is 24.7 Å². The molecule has 1 aromatic heterocycles. The van der Waals surface area contributed by atoms with Crippen molar-refractivity contribution in [1.82, 2.24) is 14.8 Å².